The average molecular weight is 445 g/mol. The van der Waals surface area contributed by atoms with E-state index in [1.807, 2.05) is 5.32 Å². The summed E-state index contributed by atoms with van der Waals surface area (Å²) in [6.45, 7) is 1.50. The first kappa shape index (κ1) is 21.9. The van der Waals surface area contributed by atoms with Gasteiger partial charge in [-0.3, -0.25) is 4.79 Å². The van der Waals surface area contributed by atoms with E-state index < -0.39 is 35.5 Å². The number of amides is 1. The van der Waals surface area contributed by atoms with Crippen molar-refractivity contribution >= 4 is 11.6 Å². The number of alkyl halides is 5. The van der Waals surface area contributed by atoms with Gasteiger partial charge in [0.05, 0.1) is 29.5 Å². The van der Waals surface area contributed by atoms with Gasteiger partial charge >= 0.3 is 6.18 Å². The number of nitrogens with one attached hydrogen (secondary N) is 1. The number of nitrogens with two attached hydrogens (primary N) is 1. The van der Waals surface area contributed by atoms with Gasteiger partial charge in [-0.1, -0.05) is 6.92 Å². The molecule has 0 radical (unpaired) electrons. The molecule has 2 fully saturated rings. The van der Waals surface area contributed by atoms with Crippen LogP contribution in [0.15, 0.2) is 18.5 Å². The molecule has 2 aliphatic rings. The Balaban J connectivity index is 1.50. The Kier molecular flexibility index (Phi) is 5.22. The first-order valence-corrected chi connectivity index (χ1v) is 10.2. The third kappa shape index (κ3) is 4.37. The summed E-state index contributed by atoms with van der Waals surface area (Å²) in [4.78, 5) is 16.7. The maximum atomic E-state index is 13.4. The van der Waals surface area contributed by atoms with Crippen molar-refractivity contribution in [3.63, 3.8) is 0 Å². The highest BCUT2D eigenvalue weighted by molar-refractivity contribution is 5.85. The molecule has 31 heavy (non-hydrogen) atoms. The molecule has 1 saturated carbocycles. The van der Waals surface area contributed by atoms with Gasteiger partial charge in [-0.05, 0) is 43.2 Å². The molecule has 3 heterocycles. The van der Waals surface area contributed by atoms with Crippen molar-refractivity contribution in [3.05, 3.63) is 29.7 Å². The van der Waals surface area contributed by atoms with Gasteiger partial charge in [0.2, 0.25) is 11.8 Å². The second kappa shape index (κ2) is 7.39. The van der Waals surface area contributed by atoms with Crippen molar-refractivity contribution in [1.29, 1.82) is 0 Å². The van der Waals surface area contributed by atoms with Crippen LogP contribution in [0.5, 0.6) is 0 Å². The van der Waals surface area contributed by atoms with Crippen LogP contribution in [-0.4, -0.2) is 38.6 Å². The number of hydrogen-bond acceptors (Lipinski definition) is 4. The van der Waals surface area contributed by atoms with Crippen molar-refractivity contribution < 1.29 is 26.7 Å². The van der Waals surface area contributed by atoms with Crippen molar-refractivity contribution in [1.82, 2.24) is 19.9 Å². The van der Waals surface area contributed by atoms with Crippen LogP contribution in [0, 0.1) is 11.3 Å². The molecule has 1 saturated heterocycles. The van der Waals surface area contributed by atoms with E-state index in [2.05, 4.69) is 10.1 Å². The molecule has 1 aliphatic heterocycles. The summed E-state index contributed by atoms with van der Waals surface area (Å²) >= 11 is 0. The molecule has 11 heteroatoms. The number of imidazole rings is 1. The molecule has 1 unspecified atom stereocenters. The molecule has 2 aromatic heterocycles. The van der Waals surface area contributed by atoms with Gasteiger partial charge < -0.3 is 11.1 Å². The molecule has 1 amide bonds. The summed E-state index contributed by atoms with van der Waals surface area (Å²) in [5, 5.41) is 6.27. The summed E-state index contributed by atoms with van der Waals surface area (Å²) in [7, 11) is 0. The zero-order valence-electron chi connectivity index (χ0n) is 16.9. The number of fused-ring (bicyclic) bond motifs is 1. The van der Waals surface area contributed by atoms with Crippen molar-refractivity contribution in [3.8, 4) is 0 Å². The highest BCUT2D eigenvalue weighted by atomic mass is 19.4. The van der Waals surface area contributed by atoms with Crippen LogP contribution >= 0.6 is 0 Å². The Morgan fingerprint density at radius 1 is 1.32 bits per heavy atom. The van der Waals surface area contributed by atoms with E-state index >= 15 is 0 Å². The normalized spacial score (nSPS) is 28.1. The van der Waals surface area contributed by atoms with E-state index in [4.69, 9.17) is 5.73 Å². The van der Waals surface area contributed by atoms with Crippen molar-refractivity contribution in [2.24, 2.45) is 17.1 Å². The zero-order chi connectivity index (χ0) is 22.6. The molecule has 0 bridgehead atoms. The minimum atomic E-state index is -4.49. The average Bonchev–Trinajstić information content (AvgIpc) is 3.22. The number of carbonyl (C=O) groups excluding carboxylic acids is 1. The fourth-order valence-corrected chi connectivity index (χ4v) is 4.58. The SMILES string of the molecule is CC1(Cc2cnn3cc([C@@H](N)C4CCC(F)(F)CC4)nc3c2)C[C@@H](C(F)(F)F)NC1=O. The molecule has 3 N–H and O–H groups in total. The number of hydrogen-bond donors (Lipinski definition) is 2. The van der Waals surface area contributed by atoms with E-state index in [9.17, 15) is 26.7 Å². The van der Waals surface area contributed by atoms with Crippen LogP contribution in [0.3, 0.4) is 0 Å². The Hall–Kier alpha value is -2.30. The number of nitrogens with zero attached hydrogens (tertiary/aromatic N) is 3. The van der Waals surface area contributed by atoms with Crippen LogP contribution in [0.2, 0.25) is 0 Å². The summed E-state index contributed by atoms with van der Waals surface area (Å²) in [5.74, 6) is -3.39. The van der Waals surface area contributed by atoms with Gasteiger partial charge in [0.15, 0.2) is 5.65 Å². The number of rotatable bonds is 4. The summed E-state index contributed by atoms with van der Waals surface area (Å²) in [6.07, 6.45) is -1.39. The van der Waals surface area contributed by atoms with Gasteiger partial charge in [0.25, 0.3) is 0 Å². The highest BCUT2D eigenvalue weighted by Crippen LogP contribution is 2.41. The van der Waals surface area contributed by atoms with Gasteiger partial charge in [-0.2, -0.15) is 18.3 Å². The molecule has 1 aliphatic carbocycles. The predicted octanol–water partition coefficient (Wildman–Crippen LogP) is 3.55. The highest BCUT2D eigenvalue weighted by Gasteiger charge is 2.53. The summed E-state index contributed by atoms with van der Waals surface area (Å²) in [5.41, 5.74) is 6.62. The Bertz CT molecular complexity index is 980. The smallest absolute Gasteiger partial charge is 0.344 e. The van der Waals surface area contributed by atoms with Gasteiger partial charge in [0.1, 0.15) is 6.04 Å². The third-order valence-corrected chi connectivity index (χ3v) is 6.50. The molecule has 6 nitrogen and oxygen atoms in total. The van der Waals surface area contributed by atoms with Crippen LogP contribution < -0.4 is 11.1 Å². The number of halogens is 5. The minimum Gasteiger partial charge on any atom is -0.344 e. The minimum absolute atomic E-state index is 0.0842. The fraction of sp³-hybridized carbons (Fsp3) is 0.650. The number of aromatic nitrogens is 3. The second-order valence-corrected chi connectivity index (χ2v) is 9.06. The topological polar surface area (TPSA) is 85.3 Å². The lowest BCUT2D eigenvalue weighted by Crippen LogP contribution is -2.39. The molecule has 0 aromatic carbocycles. The predicted molar refractivity (Wildman–Crippen MR) is 101 cm³/mol. The zero-order valence-corrected chi connectivity index (χ0v) is 16.9. The Morgan fingerprint density at radius 2 is 2.00 bits per heavy atom. The maximum Gasteiger partial charge on any atom is 0.408 e. The standard InChI is InChI=1S/C20H24F5N5O/c1-18(8-14(20(23,24)25)29-17(18)31)7-11-6-15-28-13(10-30(15)27-9-11)16(26)12-2-4-19(21,22)5-3-12/h6,9-10,12,14,16H,2-5,7-8,26H2,1H3,(H,29,31)/t14-,16-,18?/m0/s1. The second-order valence-electron chi connectivity index (χ2n) is 9.06. The van der Waals surface area contributed by atoms with Crippen LogP contribution in [0.1, 0.15) is 56.3 Å². The van der Waals surface area contributed by atoms with E-state index in [1.165, 1.54) is 17.6 Å². The molecule has 2 aromatic rings. The van der Waals surface area contributed by atoms with Crippen LogP contribution in [0.25, 0.3) is 5.65 Å². The van der Waals surface area contributed by atoms with E-state index in [-0.39, 0.29) is 31.6 Å². The van der Waals surface area contributed by atoms with Crippen LogP contribution in [-0.2, 0) is 11.2 Å². The third-order valence-electron chi connectivity index (χ3n) is 6.50. The molecule has 0 spiro atoms. The maximum absolute atomic E-state index is 13.4. The van der Waals surface area contributed by atoms with Gasteiger partial charge in [-0.15, -0.1) is 0 Å². The molecular formula is C20H24F5N5O. The number of carbonyl (C=O) groups is 1. The molecular weight excluding hydrogens is 421 g/mol. The fourth-order valence-electron chi connectivity index (χ4n) is 4.58. The first-order valence-electron chi connectivity index (χ1n) is 10.2. The summed E-state index contributed by atoms with van der Waals surface area (Å²) < 4.78 is 67.3. The van der Waals surface area contributed by atoms with Gasteiger partial charge in [-0.25, -0.2) is 18.3 Å². The molecule has 4 rings (SSSR count). The lowest BCUT2D eigenvalue weighted by Gasteiger charge is -2.31. The van der Waals surface area contributed by atoms with Crippen molar-refractivity contribution in [2.75, 3.05) is 0 Å². The molecule has 170 valence electrons. The van der Waals surface area contributed by atoms with E-state index in [1.54, 1.807) is 12.3 Å². The molecule has 3 atom stereocenters. The quantitative estimate of drug-likeness (QED) is 0.705. The monoisotopic (exact) mass is 445 g/mol. The van der Waals surface area contributed by atoms with Crippen molar-refractivity contribution in [2.45, 2.75) is 69.6 Å². The van der Waals surface area contributed by atoms with E-state index in [0.717, 1.165) is 0 Å². The van der Waals surface area contributed by atoms with E-state index in [0.29, 0.717) is 29.7 Å². The lowest BCUT2D eigenvalue weighted by molar-refractivity contribution is -0.155. The van der Waals surface area contributed by atoms with Crippen LogP contribution in [0.4, 0.5) is 22.0 Å². The Morgan fingerprint density at radius 3 is 2.61 bits per heavy atom. The lowest BCUT2D eigenvalue weighted by atomic mass is 9.81. The van der Waals surface area contributed by atoms with Gasteiger partial charge in [0, 0.05) is 12.8 Å². The first-order chi connectivity index (χ1) is 14.4. The Labute approximate surface area is 175 Å². The summed E-state index contributed by atoms with van der Waals surface area (Å²) in [6, 6.07) is -0.704. The largest absolute Gasteiger partial charge is 0.408 e.